The van der Waals surface area contributed by atoms with Crippen molar-refractivity contribution in [2.45, 2.75) is 73.8 Å². The predicted octanol–water partition coefficient (Wildman–Crippen LogP) is 2.57. The first-order valence-electron chi connectivity index (χ1n) is 17.6. The van der Waals surface area contributed by atoms with Crippen LogP contribution in [0.5, 0.6) is 11.5 Å². The Labute approximate surface area is 310 Å². The summed E-state index contributed by atoms with van der Waals surface area (Å²) in [5, 5.41) is 25.1. The molecule has 2 N–H and O–H groups in total. The molecule has 0 unspecified atom stereocenters. The highest BCUT2D eigenvalue weighted by Gasteiger charge is 2.47. The number of benzene rings is 3. The van der Waals surface area contributed by atoms with Crippen molar-refractivity contribution in [3.8, 4) is 11.5 Å². The van der Waals surface area contributed by atoms with Crippen LogP contribution in [0.15, 0.2) is 88.7 Å². The van der Waals surface area contributed by atoms with Gasteiger partial charge in [0.15, 0.2) is 17.8 Å². The lowest BCUT2D eigenvalue weighted by Gasteiger charge is -2.43. The van der Waals surface area contributed by atoms with E-state index in [1.165, 1.54) is 34.6 Å². The Morgan fingerprint density at radius 2 is 1.66 bits per heavy atom. The summed E-state index contributed by atoms with van der Waals surface area (Å²) in [6.45, 7) is 3.69. The third-order valence-corrected chi connectivity index (χ3v) is 13.3. The Balaban J connectivity index is 1.26. The second-order valence-corrected chi connectivity index (χ2v) is 18.1. The van der Waals surface area contributed by atoms with Crippen molar-refractivity contribution in [1.29, 1.82) is 0 Å². The minimum absolute atomic E-state index is 0.0432. The van der Waals surface area contributed by atoms with Gasteiger partial charge in [0.1, 0.15) is 6.09 Å². The number of fused-ring (bicyclic) bond motifs is 2. The van der Waals surface area contributed by atoms with E-state index in [1.54, 1.807) is 30.3 Å². The van der Waals surface area contributed by atoms with Gasteiger partial charge in [0.05, 0.1) is 41.2 Å². The van der Waals surface area contributed by atoms with Crippen molar-refractivity contribution in [2.75, 3.05) is 39.6 Å². The third kappa shape index (κ3) is 9.13. The van der Waals surface area contributed by atoms with Gasteiger partial charge in [0, 0.05) is 31.6 Å². The zero-order chi connectivity index (χ0) is 37.8. The molecule has 3 aromatic rings. The molecule has 6 rings (SSSR count). The van der Waals surface area contributed by atoms with E-state index in [4.69, 9.17) is 18.9 Å². The summed E-state index contributed by atoms with van der Waals surface area (Å²) in [6, 6.07) is 19.6. The Morgan fingerprint density at radius 1 is 0.962 bits per heavy atom. The van der Waals surface area contributed by atoms with E-state index in [9.17, 15) is 31.8 Å². The summed E-state index contributed by atoms with van der Waals surface area (Å²) >= 11 is 0. The zero-order valence-corrected chi connectivity index (χ0v) is 31.3. The Morgan fingerprint density at radius 3 is 2.38 bits per heavy atom. The highest BCUT2D eigenvalue weighted by molar-refractivity contribution is 7.89. The van der Waals surface area contributed by atoms with Gasteiger partial charge in [0.2, 0.25) is 26.8 Å². The van der Waals surface area contributed by atoms with E-state index in [-0.39, 0.29) is 54.4 Å². The standard InChI is InChI=1S/C37H47N3O11S2/c1-37(2,17-9-18-38-52(44,45)27-12-7-4-8-13-27)24-39(53(46,47)28-14-15-33-34(21-28)51-25-50-33)22-32(41)30(20-26-10-5-3-6-11-26)40(36(42)43)31-23-49-35-29(31)16-19-48-35/h3-8,10-15,21,29-32,35,38,41H,9,16-20,22-25H2,1-2H3,(H,42,43)/p-1/t29-,30-,31-,32+,35+/m0/s1. The number of nitrogens with zero attached hydrogens (tertiary/aromatic N) is 2. The molecule has 1 amide bonds. The molecule has 0 radical (unpaired) electrons. The number of aliphatic hydroxyl groups excluding tert-OH is 1. The van der Waals surface area contributed by atoms with E-state index < -0.39 is 62.6 Å². The monoisotopic (exact) mass is 772 g/mol. The lowest BCUT2D eigenvalue weighted by Crippen LogP contribution is -2.61. The van der Waals surface area contributed by atoms with E-state index in [0.717, 1.165) is 10.5 Å². The molecule has 288 valence electrons. The van der Waals surface area contributed by atoms with E-state index in [2.05, 4.69) is 4.72 Å². The van der Waals surface area contributed by atoms with Gasteiger partial charge in [0.25, 0.3) is 0 Å². The van der Waals surface area contributed by atoms with Crippen molar-refractivity contribution in [1.82, 2.24) is 13.9 Å². The normalized spacial score (nSPS) is 21.0. The zero-order valence-electron chi connectivity index (χ0n) is 29.7. The first kappa shape index (κ1) is 38.9. The van der Waals surface area contributed by atoms with E-state index in [1.807, 2.05) is 32.0 Å². The van der Waals surface area contributed by atoms with Gasteiger partial charge in [-0.3, -0.25) is 0 Å². The molecule has 5 atom stereocenters. The summed E-state index contributed by atoms with van der Waals surface area (Å²) < 4.78 is 80.6. The van der Waals surface area contributed by atoms with Crippen LogP contribution in [0.2, 0.25) is 0 Å². The van der Waals surface area contributed by atoms with Crippen LogP contribution in [0.3, 0.4) is 0 Å². The van der Waals surface area contributed by atoms with Gasteiger partial charge in [-0.2, -0.15) is 4.31 Å². The molecule has 16 heteroatoms. The van der Waals surface area contributed by atoms with Gasteiger partial charge in [-0.15, -0.1) is 0 Å². The molecule has 3 aliphatic heterocycles. The highest BCUT2D eigenvalue weighted by atomic mass is 32.2. The molecule has 3 heterocycles. The smallest absolute Gasteiger partial charge is 0.243 e. The minimum Gasteiger partial charge on any atom is -0.530 e. The fourth-order valence-electron chi connectivity index (χ4n) is 7.30. The molecule has 0 aromatic heterocycles. The van der Waals surface area contributed by atoms with Crippen LogP contribution in [0.4, 0.5) is 4.79 Å². The summed E-state index contributed by atoms with van der Waals surface area (Å²) in [7, 11) is -8.06. The molecule has 0 aliphatic carbocycles. The van der Waals surface area contributed by atoms with Crippen LogP contribution in [-0.4, -0.2) is 101 Å². The lowest BCUT2D eigenvalue weighted by atomic mass is 9.87. The van der Waals surface area contributed by atoms with Crippen LogP contribution in [-0.2, 0) is 35.9 Å². The average molecular weight is 773 g/mol. The van der Waals surface area contributed by atoms with E-state index in [0.29, 0.717) is 31.6 Å². The van der Waals surface area contributed by atoms with Gasteiger partial charge in [-0.05, 0) is 60.9 Å². The number of hydrogen-bond donors (Lipinski definition) is 2. The van der Waals surface area contributed by atoms with Crippen LogP contribution in [0, 0.1) is 11.3 Å². The second kappa shape index (κ2) is 16.3. The summed E-state index contributed by atoms with van der Waals surface area (Å²) in [5.74, 6) is 0.385. The number of carbonyl (C=O) groups is 1. The minimum atomic E-state index is -4.33. The number of carbonyl (C=O) groups excluding carboxylic acids is 1. The maximum Gasteiger partial charge on any atom is 0.243 e. The van der Waals surface area contributed by atoms with Crippen molar-refractivity contribution >= 4 is 26.1 Å². The number of rotatable bonds is 17. The Hall–Kier alpha value is -3.77. The molecular formula is C37H46N3O11S2-. The van der Waals surface area contributed by atoms with Gasteiger partial charge in [-0.1, -0.05) is 62.4 Å². The van der Waals surface area contributed by atoms with E-state index >= 15 is 0 Å². The Bertz CT molecular complexity index is 1930. The highest BCUT2D eigenvalue weighted by Crippen LogP contribution is 2.38. The predicted molar refractivity (Wildman–Crippen MR) is 191 cm³/mol. The topological polar surface area (TPSA) is 184 Å². The molecule has 2 saturated heterocycles. The Kier molecular flexibility index (Phi) is 12.0. The fourth-order valence-corrected chi connectivity index (χ4v) is 10.1. The molecule has 53 heavy (non-hydrogen) atoms. The quantitative estimate of drug-likeness (QED) is 0.192. The summed E-state index contributed by atoms with van der Waals surface area (Å²) in [5.41, 5.74) is 0.0160. The van der Waals surface area contributed by atoms with Crippen molar-refractivity contribution in [3.63, 3.8) is 0 Å². The molecule has 2 fully saturated rings. The van der Waals surface area contributed by atoms with Crippen molar-refractivity contribution < 1.29 is 50.8 Å². The van der Waals surface area contributed by atoms with Crippen molar-refractivity contribution in [3.05, 3.63) is 84.4 Å². The van der Waals surface area contributed by atoms with Gasteiger partial charge >= 0.3 is 0 Å². The fraction of sp³-hybridized carbons (Fsp3) is 0.486. The van der Waals surface area contributed by atoms with Gasteiger partial charge < -0.3 is 38.9 Å². The maximum atomic E-state index is 14.5. The van der Waals surface area contributed by atoms with Crippen LogP contribution < -0.4 is 19.3 Å². The number of ether oxygens (including phenoxy) is 4. The first-order chi connectivity index (χ1) is 25.2. The third-order valence-electron chi connectivity index (χ3n) is 10.0. The summed E-state index contributed by atoms with van der Waals surface area (Å²) in [4.78, 5) is 14.1. The van der Waals surface area contributed by atoms with Crippen LogP contribution >= 0.6 is 0 Å². The van der Waals surface area contributed by atoms with Crippen molar-refractivity contribution in [2.24, 2.45) is 11.3 Å². The molecule has 0 bridgehead atoms. The molecule has 0 spiro atoms. The number of hydrogen-bond acceptors (Lipinski definition) is 11. The number of sulfonamides is 2. The first-order valence-corrected chi connectivity index (χ1v) is 20.6. The molecule has 3 aromatic carbocycles. The SMILES string of the molecule is CC(C)(CCCNS(=O)(=O)c1ccccc1)CN(C[C@@H](O)[C@H](Cc1ccccc1)N(C(=O)[O-])[C@H]1CO[C@H]2OCC[C@H]21)S(=O)(=O)c1ccc2c(c1)OCO2. The van der Waals surface area contributed by atoms with Crippen LogP contribution in [0.25, 0.3) is 0 Å². The average Bonchev–Trinajstić information content (AvgIpc) is 3.89. The number of amides is 1. The number of nitrogens with one attached hydrogen (secondary N) is 1. The van der Waals surface area contributed by atoms with Gasteiger partial charge in [-0.25, -0.2) is 21.6 Å². The summed E-state index contributed by atoms with van der Waals surface area (Å²) in [6.07, 6.45) is -2.14. The van der Waals surface area contributed by atoms with Crippen LogP contribution in [0.1, 0.15) is 38.7 Å². The largest absolute Gasteiger partial charge is 0.530 e. The maximum absolute atomic E-state index is 14.5. The number of aliphatic hydroxyl groups is 1. The lowest BCUT2D eigenvalue weighted by molar-refractivity contribution is -0.273. The second-order valence-electron chi connectivity index (χ2n) is 14.4. The number of carboxylic acid groups (broad SMARTS) is 1. The molecule has 14 nitrogen and oxygen atoms in total. The molecule has 3 aliphatic rings. The molecule has 0 saturated carbocycles. The molecular weight excluding hydrogens is 727 g/mol.